The maximum Gasteiger partial charge on any atom is 0.322 e. The number of carbonyl (C=O) groups is 2. The molecule has 1 aromatic heterocycles. The molecule has 0 aromatic carbocycles. The zero-order valence-corrected chi connectivity index (χ0v) is 8.56. The van der Waals surface area contributed by atoms with Crippen molar-refractivity contribution in [2.45, 2.75) is 6.92 Å². The van der Waals surface area contributed by atoms with E-state index in [1.807, 2.05) is 13.0 Å². The Balaban J connectivity index is 2.32. The van der Waals surface area contributed by atoms with Gasteiger partial charge in [0.05, 0.1) is 9.88 Å². The first kappa shape index (κ1) is 9.21. The lowest BCUT2D eigenvalue weighted by Gasteiger charge is -2.09. The number of hydrogen-bond donors (Lipinski definition) is 1. The lowest BCUT2D eigenvalue weighted by molar-refractivity contribution is 0.112. The van der Waals surface area contributed by atoms with Crippen LogP contribution in [-0.4, -0.2) is 25.4 Å². The summed E-state index contributed by atoms with van der Waals surface area (Å²) < 4.78 is 0. The molecule has 2 heterocycles. The highest BCUT2D eigenvalue weighted by Crippen LogP contribution is 2.29. The van der Waals surface area contributed by atoms with E-state index in [1.165, 1.54) is 11.3 Å². The van der Waals surface area contributed by atoms with Crippen LogP contribution >= 0.6 is 11.3 Å². The second-order valence-corrected chi connectivity index (χ2v) is 4.20. The van der Waals surface area contributed by atoms with Crippen LogP contribution in [0.25, 0.3) is 0 Å². The molecule has 74 valence electrons. The van der Waals surface area contributed by atoms with Gasteiger partial charge in [0.15, 0.2) is 6.29 Å². The predicted molar refractivity (Wildman–Crippen MR) is 55.2 cm³/mol. The average molecular weight is 210 g/mol. The quantitative estimate of drug-likeness (QED) is 0.750. The third-order valence-electron chi connectivity index (χ3n) is 2.17. The molecule has 0 aliphatic carbocycles. The first-order valence-electron chi connectivity index (χ1n) is 4.33. The number of anilines is 1. The van der Waals surface area contributed by atoms with Crippen LogP contribution < -0.4 is 10.2 Å². The largest absolute Gasteiger partial charge is 0.336 e. The molecule has 14 heavy (non-hydrogen) atoms. The second-order valence-electron chi connectivity index (χ2n) is 3.13. The van der Waals surface area contributed by atoms with Crippen molar-refractivity contribution in [1.29, 1.82) is 0 Å². The highest BCUT2D eigenvalue weighted by molar-refractivity contribution is 7.18. The van der Waals surface area contributed by atoms with E-state index in [0.29, 0.717) is 18.0 Å². The van der Waals surface area contributed by atoms with Crippen molar-refractivity contribution in [2.75, 3.05) is 18.0 Å². The third-order valence-corrected chi connectivity index (χ3v) is 3.36. The summed E-state index contributed by atoms with van der Waals surface area (Å²) in [6, 6.07) is 1.79. The van der Waals surface area contributed by atoms with Gasteiger partial charge in [-0.3, -0.25) is 9.69 Å². The minimum Gasteiger partial charge on any atom is -0.336 e. The Bertz CT molecular complexity index is 386. The smallest absolute Gasteiger partial charge is 0.322 e. The van der Waals surface area contributed by atoms with E-state index in [0.717, 1.165) is 16.9 Å². The summed E-state index contributed by atoms with van der Waals surface area (Å²) in [4.78, 5) is 24.3. The fourth-order valence-electron chi connectivity index (χ4n) is 1.41. The topological polar surface area (TPSA) is 49.4 Å². The zero-order chi connectivity index (χ0) is 10.1. The number of aryl methyl sites for hydroxylation is 1. The number of thiophene rings is 1. The van der Waals surface area contributed by atoms with Crippen molar-refractivity contribution in [3.63, 3.8) is 0 Å². The van der Waals surface area contributed by atoms with Crippen LogP contribution in [0.5, 0.6) is 0 Å². The van der Waals surface area contributed by atoms with Crippen LogP contribution in [0.2, 0.25) is 0 Å². The number of carbonyl (C=O) groups excluding carboxylic acids is 2. The van der Waals surface area contributed by atoms with Crippen LogP contribution in [0.1, 0.15) is 15.2 Å². The molecule has 1 saturated heterocycles. The van der Waals surface area contributed by atoms with Gasteiger partial charge >= 0.3 is 6.03 Å². The maximum atomic E-state index is 11.3. The van der Waals surface area contributed by atoms with E-state index in [-0.39, 0.29) is 6.03 Å². The molecule has 1 aromatic rings. The molecular weight excluding hydrogens is 200 g/mol. The van der Waals surface area contributed by atoms with E-state index in [4.69, 9.17) is 0 Å². The van der Waals surface area contributed by atoms with Gasteiger partial charge in [-0.1, -0.05) is 0 Å². The van der Waals surface area contributed by atoms with Gasteiger partial charge in [0.25, 0.3) is 0 Å². The summed E-state index contributed by atoms with van der Waals surface area (Å²) in [5.41, 5.74) is 0.930. The number of nitrogens with one attached hydrogen (secondary N) is 1. The SMILES string of the molecule is Cc1cc(N2CCNC2=O)sc1C=O. The minimum absolute atomic E-state index is 0.0799. The molecule has 0 radical (unpaired) electrons. The van der Waals surface area contributed by atoms with E-state index in [1.54, 1.807) is 4.90 Å². The standard InChI is InChI=1S/C9H10N2O2S/c1-6-4-8(14-7(6)5-12)11-3-2-10-9(11)13/h4-5H,2-3H2,1H3,(H,10,13). The molecule has 0 bridgehead atoms. The van der Waals surface area contributed by atoms with Gasteiger partial charge in [-0.05, 0) is 18.6 Å². The molecule has 0 spiro atoms. The van der Waals surface area contributed by atoms with Gasteiger partial charge in [0.2, 0.25) is 0 Å². The Morgan fingerprint density at radius 2 is 2.43 bits per heavy atom. The van der Waals surface area contributed by atoms with Gasteiger partial charge in [0.1, 0.15) is 0 Å². The molecule has 2 amide bonds. The summed E-state index contributed by atoms with van der Waals surface area (Å²) >= 11 is 1.36. The molecule has 1 fully saturated rings. The molecule has 1 aliphatic rings. The zero-order valence-electron chi connectivity index (χ0n) is 7.74. The first-order valence-corrected chi connectivity index (χ1v) is 5.15. The van der Waals surface area contributed by atoms with Gasteiger partial charge in [0, 0.05) is 13.1 Å². The van der Waals surface area contributed by atoms with E-state index >= 15 is 0 Å². The second kappa shape index (κ2) is 3.42. The summed E-state index contributed by atoms with van der Waals surface area (Å²) in [6.07, 6.45) is 0.831. The molecule has 0 unspecified atom stereocenters. The van der Waals surface area contributed by atoms with E-state index in [2.05, 4.69) is 5.32 Å². The Labute approximate surface area is 85.5 Å². The van der Waals surface area contributed by atoms with Crippen LogP contribution in [0.4, 0.5) is 9.80 Å². The first-order chi connectivity index (χ1) is 6.72. The van der Waals surface area contributed by atoms with Crippen molar-refractivity contribution in [2.24, 2.45) is 0 Å². The van der Waals surface area contributed by atoms with Crippen molar-refractivity contribution in [3.05, 3.63) is 16.5 Å². The van der Waals surface area contributed by atoms with Crippen molar-refractivity contribution >= 4 is 28.7 Å². The lowest BCUT2D eigenvalue weighted by Crippen LogP contribution is -2.26. The molecule has 5 heteroatoms. The average Bonchev–Trinajstić information content (AvgIpc) is 2.71. The number of nitrogens with zero attached hydrogens (tertiary/aromatic N) is 1. The third kappa shape index (κ3) is 1.39. The van der Waals surface area contributed by atoms with Gasteiger partial charge in [-0.15, -0.1) is 11.3 Å². The summed E-state index contributed by atoms with van der Waals surface area (Å²) in [6.45, 7) is 3.22. The Morgan fingerprint density at radius 3 is 2.93 bits per heavy atom. The highest BCUT2D eigenvalue weighted by Gasteiger charge is 2.23. The van der Waals surface area contributed by atoms with Crippen LogP contribution in [0.15, 0.2) is 6.07 Å². The van der Waals surface area contributed by atoms with Crippen molar-refractivity contribution < 1.29 is 9.59 Å². The number of rotatable bonds is 2. The van der Waals surface area contributed by atoms with Gasteiger partial charge in [-0.2, -0.15) is 0 Å². The molecule has 1 aliphatic heterocycles. The Hall–Kier alpha value is -1.36. The van der Waals surface area contributed by atoms with E-state index in [9.17, 15) is 9.59 Å². The Kier molecular flexibility index (Phi) is 2.25. The normalized spacial score (nSPS) is 15.8. The van der Waals surface area contributed by atoms with Crippen LogP contribution in [-0.2, 0) is 0 Å². The maximum absolute atomic E-state index is 11.3. The number of aldehydes is 1. The summed E-state index contributed by atoms with van der Waals surface area (Å²) in [5.74, 6) is 0. The Morgan fingerprint density at radius 1 is 1.64 bits per heavy atom. The van der Waals surface area contributed by atoms with Gasteiger partial charge < -0.3 is 5.32 Å². The molecule has 1 N–H and O–H groups in total. The van der Waals surface area contributed by atoms with Crippen LogP contribution in [0.3, 0.4) is 0 Å². The minimum atomic E-state index is -0.0799. The molecule has 0 saturated carbocycles. The molecular formula is C9H10N2O2S. The summed E-state index contributed by atoms with van der Waals surface area (Å²) in [7, 11) is 0. The number of urea groups is 1. The van der Waals surface area contributed by atoms with Crippen molar-refractivity contribution in [1.82, 2.24) is 5.32 Å². The lowest BCUT2D eigenvalue weighted by atomic mass is 10.3. The fraction of sp³-hybridized carbons (Fsp3) is 0.333. The van der Waals surface area contributed by atoms with Gasteiger partial charge in [-0.25, -0.2) is 4.79 Å². The fourth-order valence-corrected chi connectivity index (χ4v) is 2.42. The van der Waals surface area contributed by atoms with Crippen molar-refractivity contribution in [3.8, 4) is 0 Å². The predicted octanol–water partition coefficient (Wildman–Crippen LogP) is 1.40. The molecule has 4 nitrogen and oxygen atoms in total. The highest BCUT2D eigenvalue weighted by atomic mass is 32.1. The monoisotopic (exact) mass is 210 g/mol. The van der Waals surface area contributed by atoms with Crippen LogP contribution in [0, 0.1) is 6.92 Å². The molecule has 2 rings (SSSR count). The number of amides is 2. The summed E-state index contributed by atoms with van der Waals surface area (Å²) in [5, 5.41) is 3.57. The number of hydrogen-bond acceptors (Lipinski definition) is 3. The molecule has 0 atom stereocenters. The van der Waals surface area contributed by atoms with E-state index < -0.39 is 0 Å².